The van der Waals surface area contributed by atoms with E-state index >= 15 is 0 Å². The zero-order chi connectivity index (χ0) is 33.5. The van der Waals surface area contributed by atoms with Crippen molar-refractivity contribution in [1.29, 1.82) is 0 Å². The minimum absolute atomic E-state index is 0.000231. The first-order valence-corrected chi connectivity index (χ1v) is 13.8. The molecule has 0 N–H and O–H groups in total. The van der Waals surface area contributed by atoms with Gasteiger partial charge in [0.1, 0.15) is 0 Å². The van der Waals surface area contributed by atoms with E-state index in [2.05, 4.69) is 15.4 Å². The highest BCUT2D eigenvalue weighted by atomic mass is 19.4. The van der Waals surface area contributed by atoms with Crippen molar-refractivity contribution in [2.24, 2.45) is 7.05 Å². The average molecular weight is 653 g/mol. The third-order valence-corrected chi connectivity index (χ3v) is 7.14. The molecule has 0 saturated heterocycles. The third kappa shape index (κ3) is 7.61. The van der Waals surface area contributed by atoms with E-state index in [1.807, 2.05) is 0 Å². The Kier molecular flexibility index (Phi) is 9.31. The second kappa shape index (κ2) is 12.4. The Labute approximate surface area is 251 Å². The van der Waals surface area contributed by atoms with E-state index in [1.54, 1.807) is 13.8 Å². The maximum atomic E-state index is 14.2. The first kappa shape index (κ1) is 33.8. The van der Waals surface area contributed by atoms with E-state index in [9.17, 15) is 44.3 Å². The van der Waals surface area contributed by atoms with Crippen LogP contribution >= 0.6 is 0 Å². The molecule has 0 saturated carbocycles. The first-order valence-electron chi connectivity index (χ1n) is 13.8. The molecule has 0 radical (unpaired) electrons. The molecule has 1 aromatic heterocycles. The molecule has 45 heavy (non-hydrogen) atoms. The number of benzene rings is 2. The Bertz CT molecular complexity index is 1500. The number of tetrazole rings is 1. The van der Waals surface area contributed by atoms with Crippen LogP contribution in [0.5, 0.6) is 0 Å². The standard InChI is InChI=1S/C28H29F9N6O2/c1-5-17-11-20-22(7-6-8-42(25(44)45-15(2)3)23(20)13-21(17)28(35,36)37)43(24-38-40-41(4)39-24)14-16-9-18(26(29,30)31)12-19(10-16)27(32,33)34/h9-13,15,22H,5-8,14H2,1-4H3/t22-/m0/s1. The molecule has 3 aromatic rings. The number of carbonyl (C=O) groups is 1. The highest BCUT2D eigenvalue weighted by molar-refractivity contribution is 5.89. The first-order chi connectivity index (χ1) is 20.8. The predicted octanol–water partition coefficient (Wildman–Crippen LogP) is 7.72. The van der Waals surface area contributed by atoms with Gasteiger partial charge in [-0.25, -0.2) is 4.79 Å². The molecule has 4 rings (SSSR count). The molecule has 0 bridgehead atoms. The van der Waals surface area contributed by atoms with Gasteiger partial charge in [-0.1, -0.05) is 18.1 Å². The molecular weight excluding hydrogens is 623 g/mol. The van der Waals surface area contributed by atoms with Crippen LogP contribution < -0.4 is 9.80 Å². The van der Waals surface area contributed by atoms with Gasteiger partial charge in [-0.15, -0.1) is 5.10 Å². The van der Waals surface area contributed by atoms with Crippen LogP contribution in [0.15, 0.2) is 30.3 Å². The Hall–Kier alpha value is -4.05. The number of alkyl halides is 9. The monoisotopic (exact) mass is 652 g/mol. The minimum Gasteiger partial charge on any atom is -0.446 e. The molecule has 17 heteroatoms. The van der Waals surface area contributed by atoms with E-state index in [0.717, 1.165) is 15.8 Å². The fourth-order valence-electron chi connectivity index (χ4n) is 5.22. The molecule has 2 aromatic carbocycles. The fourth-order valence-corrected chi connectivity index (χ4v) is 5.22. The van der Waals surface area contributed by atoms with E-state index in [1.165, 1.54) is 24.9 Å². The molecule has 0 unspecified atom stereocenters. The van der Waals surface area contributed by atoms with E-state index in [0.29, 0.717) is 12.1 Å². The number of carbonyl (C=O) groups excluding carboxylic acids is 1. The zero-order valence-electron chi connectivity index (χ0n) is 24.5. The topological polar surface area (TPSA) is 76.4 Å². The summed E-state index contributed by atoms with van der Waals surface area (Å²) in [5, 5.41) is 11.8. The summed E-state index contributed by atoms with van der Waals surface area (Å²) in [4.78, 5) is 16.5. The van der Waals surface area contributed by atoms with Gasteiger partial charge in [0.15, 0.2) is 0 Å². The summed E-state index contributed by atoms with van der Waals surface area (Å²) < 4.78 is 130. The molecule has 1 amide bonds. The number of anilines is 2. The van der Waals surface area contributed by atoms with Gasteiger partial charge < -0.3 is 9.64 Å². The van der Waals surface area contributed by atoms with Crippen LogP contribution in [0.1, 0.15) is 73.0 Å². The zero-order valence-corrected chi connectivity index (χ0v) is 24.5. The number of ether oxygens (including phenoxy) is 1. The lowest BCUT2D eigenvalue weighted by molar-refractivity contribution is -0.143. The van der Waals surface area contributed by atoms with Gasteiger partial charge in [-0.05, 0) is 79.3 Å². The molecule has 0 fully saturated rings. The maximum Gasteiger partial charge on any atom is 0.416 e. The van der Waals surface area contributed by atoms with Gasteiger partial charge in [0.2, 0.25) is 0 Å². The molecule has 8 nitrogen and oxygen atoms in total. The van der Waals surface area contributed by atoms with Crippen molar-refractivity contribution in [3.63, 3.8) is 0 Å². The van der Waals surface area contributed by atoms with Crippen LogP contribution in [0, 0.1) is 0 Å². The van der Waals surface area contributed by atoms with Crippen molar-refractivity contribution in [2.45, 2.75) is 77.3 Å². The SMILES string of the molecule is CCc1cc2c(cc1C(F)(F)F)N(C(=O)OC(C)C)CCC[C@@H]2N(Cc1cc(C(F)(F)F)cc(C(F)(F)F)c1)c1nnn(C)n1. The van der Waals surface area contributed by atoms with E-state index in [-0.39, 0.29) is 54.6 Å². The molecule has 1 atom stereocenters. The Balaban J connectivity index is 1.95. The summed E-state index contributed by atoms with van der Waals surface area (Å²) >= 11 is 0. The molecule has 0 aliphatic carbocycles. The summed E-state index contributed by atoms with van der Waals surface area (Å²) in [6, 6.07) is 2.19. The van der Waals surface area contributed by atoms with E-state index < -0.39 is 65.6 Å². The second-order valence-corrected chi connectivity index (χ2v) is 10.8. The third-order valence-electron chi connectivity index (χ3n) is 7.14. The number of aryl methyl sites for hydroxylation is 2. The summed E-state index contributed by atoms with van der Waals surface area (Å²) in [7, 11) is 1.39. The predicted molar refractivity (Wildman–Crippen MR) is 143 cm³/mol. The van der Waals surface area contributed by atoms with Crippen molar-refractivity contribution in [2.75, 3.05) is 16.3 Å². The van der Waals surface area contributed by atoms with Gasteiger partial charge in [0, 0.05) is 13.1 Å². The van der Waals surface area contributed by atoms with E-state index in [4.69, 9.17) is 4.74 Å². The lowest BCUT2D eigenvalue weighted by Crippen LogP contribution is -2.34. The van der Waals surface area contributed by atoms with Gasteiger partial charge in [0.25, 0.3) is 5.95 Å². The number of nitrogens with zero attached hydrogens (tertiary/aromatic N) is 6. The lowest BCUT2D eigenvalue weighted by Gasteiger charge is -2.33. The van der Waals surface area contributed by atoms with Crippen LogP contribution in [0.4, 0.5) is 55.9 Å². The number of hydrogen-bond donors (Lipinski definition) is 0. The number of fused-ring (bicyclic) bond motifs is 1. The van der Waals surface area contributed by atoms with Gasteiger partial charge in [-0.2, -0.15) is 44.3 Å². The number of halogens is 9. The maximum absolute atomic E-state index is 14.2. The molecule has 246 valence electrons. The van der Waals surface area contributed by atoms with Crippen LogP contribution in [0.2, 0.25) is 0 Å². The smallest absolute Gasteiger partial charge is 0.416 e. The quantitative estimate of drug-likeness (QED) is 0.254. The molecule has 0 spiro atoms. The largest absolute Gasteiger partial charge is 0.446 e. The molecule has 2 heterocycles. The van der Waals surface area contributed by atoms with Gasteiger partial charge in [0.05, 0.1) is 41.6 Å². The summed E-state index contributed by atoms with van der Waals surface area (Å²) in [6.07, 6.45) is -16.3. The molecule has 1 aliphatic rings. The van der Waals surface area contributed by atoms with Crippen molar-refractivity contribution in [1.82, 2.24) is 20.2 Å². The van der Waals surface area contributed by atoms with Gasteiger partial charge >= 0.3 is 24.6 Å². The highest BCUT2D eigenvalue weighted by Crippen LogP contribution is 2.44. The minimum atomic E-state index is -5.11. The molecular formula is C28H29F9N6O2. The number of aromatic nitrogens is 4. The Morgan fingerprint density at radius 2 is 1.60 bits per heavy atom. The highest BCUT2D eigenvalue weighted by Gasteiger charge is 2.40. The van der Waals surface area contributed by atoms with Crippen molar-refractivity contribution < 1.29 is 49.0 Å². The summed E-state index contributed by atoms with van der Waals surface area (Å²) in [5.41, 5.74) is -4.61. The number of rotatable bonds is 6. The van der Waals surface area contributed by atoms with Crippen LogP contribution in [0.25, 0.3) is 0 Å². The van der Waals surface area contributed by atoms with Crippen molar-refractivity contribution in [3.05, 3.63) is 63.7 Å². The lowest BCUT2D eigenvalue weighted by atomic mass is 9.93. The summed E-state index contributed by atoms with van der Waals surface area (Å²) in [5.74, 6) is -0.199. The molecule has 1 aliphatic heterocycles. The Morgan fingerprint density at radius 1 is 0.978 bits per heavy atom. The fraction of sp³-hybridized carbons (Fsp3) is 0.500. The van der Waals surface area contributed by atoms with Crippen LogP contribution in [-0.2, 0) is 43.3 Å². The Morgan fingerprint density at radius 3 is 2.09 bits per heavy atom. The number of amides is 1. The van der Waals surface area contributed by atoms with Crippen LogP contribution in [-0.4, -0.2) is 38.9 Å². The number of hydrogen-bond acceptors (Lipinski definition) is 6. The summed E-state index contributed by atoms with van der Waals surface area (Å²) in [6.45, 7) is 3.93. The normalized spacial score (nSPS) is 16.0. The second-order valence-electron chi connectivity index (χ2n) is 10.8. The van der Waals surface area contributed by atoms with Gasteiger partial charge in [-0.3, -0.25) is 4.90 Å². The average Bonchev–Trinajstić information content (AvgIpc) is 3.26. The van der Waals surface area contributed by atoms with Crippen molar-refractivity contribution in [3.8, 4) is 0 Å². The van der Waals surface area contributed by atoms with Crippen molar-refractivity contribution >= 4 is 17.7 Å². The van der Waals surface area contributed by atoms with Crippen LogP contribution in [0.3, 0.4) is 0 Å².